The van der Waals surface area contributed by atoms with E-state index in [1.54, 1.807) is 18.2 Å². The highest BCUT2D eigenvalue weighted by molar-refractivity contribution is 6.10. The van der Waals surface area contributed by atoms with E-state index in [0.29, 0.717) is 24.2 Å². The van der Waals surface area contributed by atoms with Gasteiger partial charge in [-0.05, 0) is 37.1 Å². The second kappa shape index (κ2) is 5.91. The lowest BCUT2D eigenvalue weighted by molar-refractivity contribution is 0.0600. The smallest absolute Gasteiger partial charge is 0.337 e. The summed E-state index contributed by atoms with van der Waals surface area (Å²) in [6, 6.07) is 10.7. The minimum Gasteiger partial charge on any atom is -0.465 e. The predicted octanol–water partition coefficient (Wildman–Crippen LogP) is 4.07. The van der Waals surface area contributed by atoms with Gasteiger partial charge in [0.2, 0.25) is 0 Å². The Balaban J connectivity index is 2.04. The summed E-state index contributed by atoms with van der Waals surface area (Å²) >= 11 is 0. The van der Waals surface area contributed by atoms with Crippen molar-refractivity contribution in [2.45, 2.75) is 18.9 Å². The van der Waals surface area contributed by atoms with Crippen molar-refractivity contribution in [1.29, 1.82) is 0 Å². The van der Waals surface area contributed by atoms with Gasteiger partial charge in [-0.15, -0.1) is 0 Å². The number of hydrogen-bond donors (Lipinski definition) is 0. The number of halogens is 1. The molecule has 0 aliphatic carbocycles. The van der Waals surface area contributed by atoms with Gasteiger partial charge in [-0.2, -0.15) is 0 Å². The summed E-state index contributed by atoms with van der Waals surface area (Å²) in [6.07, 6.45) is 1.75. The molecule has 0 N–H and O–H groups in total. The predicted molar refractivity (Wildman–Crippen MR) is 89.8 cm³/mol. The van der Waals surface area contributed by atoms with Crippen LogP contribution in [0.1, 0.15) is 29.2 Å². The first-order chi connectivity index (χ1) is 11.7. The molecule has 4 rings (SSSR count). The van der Waals surface area contributed by atoms with Crippen LogP contribution in [0.25, 0.3) is 21.8 Å². The molecule has 1 aliphatic rings. The van der Waals surface area contributed by atoms with E-state index >= 15 is 0 Å². The van der Waals surface area contributed by atoms with Gasteiger partial charge in [0, 0.05) is 30.0 Å². The maximum absolute atomic E-state index is 14.5. The fourth-order valence-electron chi connectivity index (χ4n) is 3.63. The molecule has 24 heavy (non-hydrogen) atoms. The van der Waals surface area contributed by atoms with Crippen molar-refractivity contribution in [1.82, 2.24) is 4.57 Å². The minimum atomic E-state index is -0.388. The van der Waals surface area contributed by atoms with Crippen molar-refractivity contribution in [2.75, 3.05) is 20.3 Å². The lowest BCUT2D eigenvalue weighted by Gasteiger charge is -2.25. The minimum absolute atomic E-state index is 0.230. The first kappa shape index (κ1) is 15.1. The average molecular weight is 327 g/mol. The number of methoxy groups -OCH3 is 1. The topological polar surface area (TPSA) is 40.5 Å². The van der Waals surface area contributed by atoms with E-state index < -0.39 is 0 Å². The largest absolute Gasteiger partial charge is 0.465 e. The van der Waals surface area contributed by atoms with E-state index in [4.69, 9.17) is 9.47 Å². The Morgan fingerprint density at radius 3 is 2.75 bits per heavy atom. The molecule has 0 spiro atoms. The Hall–Kier alpha value is -2.40. The molecule has 0 saturated carbocycles. The summed E-state index contributed by atoms with van der Waals surface area (Å²) in [5, 5.41) is 1.43. The first-order valence-corrected chi connectivity index (χ1v) is 8.09. The number of fused-ring (bicyclic) bond motifs is 3. The molecule has 2 aromatic carbocycles. The van der Waals surface area contributed by atoms with Crippen LogP contribution < -0.4 is 0 Å². The standard InChI is InChI=1S/C19H18FNO3/c1-23-19(22)12-5-6-14-17(11-12)21(13-7-9-24-10-8-13)16-4-2-3-15(20)18(14)16/h2-6,11,13H,7-10H2,1H3. The Morgan fingerprint density at radius 1 is 1.21 bits per heavy atom. The number of rotatable bonds is 2. The molecule has 1 aliphatic heterocycles. The lowest BCUT2D eigenvalue weighted by Crippen LogP contribution is -2.19. The fourth-order valence-corrected chi connectivity index (χ4v) is 3.63. The second-order valence-electron chi connectivity index (χ2n) is 6.07. The van der Waals surface area contributed by atoms with Crippen molar-refractivity contribution < 1.29 is 18.7 Å². The third-order valence-corrected chi connectivity index (χ3v) is 4.75. The Morgan fingerprint density at radius 2 is 2.00 bits per heavy atom. The molecule has 124 valence electrons. The molecule has 5 heteroatoms. The van der Waals surface area contributed by atoms with Crippen LogP contribution in [0.4, 0.5) is 4.39 Å². The zero-order chi connectivity index (χ0) is 16.7. The van der Waals surface area contributed by atoms with Crippen LogP contribution in [0.3, 0.4) is 0 Å². The molecule has 0 amide bonds. The maximum Gasteiger partial charge on any atom is 0.337 e. The third kappa shape index (κ3) is 2.27. The van der Waals surface area contributed by atoms with Gasteiger partial charge in [-0.25, -0.2) is 9.18 Å². The number of aromatic nitrogens is 1. The van der Waals surface area contributed by atoms with E-state index in [1.165, 1.54) is 13.2 Å². The summed E-state index contributed by atoms with van der Waals surface area (Å²) in [5.41, 5.74) is 2.20. The van der Waals surface area contributed by atoms with Crippen molar-refractivity contribution in [3.05, 3.63) is 47.8 Å². The molecule has 2 heterocycles. The SMILES string of the molecule is COC(=O)c1ccc2c3c(F)cccc3n(C3CCOCC3)c2c1. The zero-order valence-corrected chi connectivity index (χ0v) is 13.4. The zero-order valence-electron chi connectivity index (χ0n) is 13.4. The third-order valence-electron chi connectivity index (χ3n) is 4.75. The lowest BCUT2D eigenvalue weighted by atomic mass is 10.1. The van der Waals surface area contributed by atoms with Gasteiger partial charge in [0.15, 0.2) is 0 Å². The summed E-state index contributed by atoms with van der Waals surface area (Å²) in [4.78, 5) is 11.9. The summed E-state index contributed by atoms with van der Waals surface area (Å²) in [5.74, 6) is -0.629. The van der Waals surface area contributed by atoms with Gasteiger partial charge in [0.25, 0.3) is 0 Å². The summed E-state index contributed by atoms with van der Waals surface area (Å²) in [7, 11) is 1.36. The second-order valence-corrected chi connectivity index (χ2v) is 6.07. The Bertz CT molecular complexity index is 925. The molecule has 4 nitrogen and oxygen atoms in total. The highest BCUT2D eigenvalue weighted by Gasteiger charge is 2.23. The van der Waals surface area contributed by atoms with Crippen LogP contribution in [0.5, 0.6) is 0 Å². The Kier molecular flexibility index (Phi) is 3.73. The van der Waals surface area contributed by atoms with E-state index in [0.717, 1.165) is 29.3 Å². The van der Waals surface area contributed by atoms with Crippen molar-refractivity contribution in [2.24, 2.45) is 0 Å². The summed E-state index contributed by atoms with van der Waals surface area (Å²) < 4.78 is 26.9. The van der Waals surface area contributed by atoms with Crippen LogP contribution in [0.15, 0.2) is 36.4 Å². The normalized spacial score (nSPS) is 15.9. The number of benzene rings is 2. The molecule has 3 aromatic rings. The fraction of sp³-hybridized carbons (Fsp3) is 0.316. The number of esters is 1. The van der Waals surface area contributed by atoms with Gasteiger partial charge in [0.1, 0.15) is 5.82 Å². The molecule has 0 bridgehead atoms. The van der Waals surface area contributed by atoms with Gasteiger partial charge < -0.3 is 14.0 Å². The number of carbonyl (C=O) groups is 1. The molecule has 1 saturated heterocycles. The Labute approximate surface area is 138 Å². The number of ether oxygens (including phenoxy) is 2. The number of nitrogens with zero attached hydrogens (tertiary/aromatic N) is 1. The molecular formula is C19H18FNO3. The maximum atomic E-state index is 14.5. The highest BCUT2D eigenvalue weighted by atomic mass is 19.1. The molecule has 0 unspecified atom stereocenters. The molecule has 0 radical (unpaired) electrons. The van der Waals surface area contributed by atoms with Gasteiger partial charge >= 0.3 is 5.97 Å². The van der Waals surface area contributed by atoms with Crippen LogP contribution in [0, 0.1) is 5.82 Å². The molecular weight excluding hydrogens is 309 g/mol. The monoisotopic (exact) mass is 327 g/mol. The average Bonchev–Trinajstić information content (AvgIpc) is 2.96. The van der Waals surface area contributed by atoms with E-state index in [9.17, 15) is 9.18 Å². The van der Waals surface area contributed by atoms with Gasteiger partial charge in [-0.1, -0.05) is 12.1 Å². The quantitative estimate of drug-likeness (QED) is 0.666. The first-order valence-electron chi connectivity index (χ1n) is 8.09. The van der Waals surface area contributed by atoms with E-state index in [-0.39, 0.29) is 17.8 Å². The van der Waals surface area contributed by atoms with E-state index in [2.05, 4.69) is 4.57 Å². The number of hydrogen-bond acceptors (Lipinski definition) is 3. The van der Waals surface area contributed by atoms with Crippen molar-refractivity contribution in [3.63, 3.8) is 0 Å². The van der Waals surface area contributed by atoms with Crippen LogP contribution in [0.2, 0.25) is 0 Å². The summed E-state index contributed by atoms with van der Waals surface area (Å²) in [6.45, 7) is 1.38. The van der Waals surface area contributed by atoms with Crippen LogP contribution in [-0.4, -0.2) is 30.9 Å². The van der Waals surface area contributed by atoms with Crippen LogP contribution in [-0.2, 0) is 9.47 Å². The molecule has 1 fully saturated rings. The molecule has 1 aromatic heterocycles. The number of carbonyl (C=O) groups excluding carboxylic acids is 1. The van der Waals surface area contributed by atoms with Gasteiger partial charge in [-0.3, -0.25) is 0 Å². The van der Waals surface area contributed by atoms with Crippen molar-refractivity contribution in [3.8, 4) is 0 Å². The van der Waals surface area contributed by atoms with Crippen molar-refractivity contribution >= 4 is 27.8 Å². The highest BCUT2D eigenvalue weighted by Crippen LogP contribution is 2.36. The van der Waals surface area contributed by atoms with E-state index in [1.807, 2.05) is 12.1 Å². The van der Waals surface area contributed by atoms with Crippen LogP contribution >= 0.6 is 0 Å². The van der Waals surface area contributed by atoms with Gasteiger partial charge in [0.05, 0.1) is 23.7 Å². The molecule has 0 atom stereocenters.